The van der Waals surface area contributed by atoms with Crippen molar-refractivity contribution in [3.8, 4) is 5.75 Å². The van der Waals surface area contributed by atoms with E-state index >= 15 is 0 Å². The predicted octanol–water partition coefficient (Wildman–Crippen LogP) is 1.62. The number of benzene rings is 1. The molecule has 0 N–H and O–H groups in total. The van der Waals surface area contributed by atoms with Crippen molar-refractivity contribution in [3.63, 3.8) is 0 Å². The van der Waals surface area contributed by atoms with Crippen LogP contribution in [0.3, 0.4) is 0 Å². The molecule has 6 heteroatoms. The largest absolute Gasteiger partial charge is 0.494 e. The van der Waals surface area contributed by atoms with Crippen molar-refractivity contribution >= 4 is 10.1 Å². The molecule has 0 amide bonds. The highest BCUT2D eigenvalue weighted by atomic mass is 32.2. The molecule has 90 valence electrons. The molecule has 0 aliphatic heterocycles. The van der Waals surface area contributed by atoms with Gasteiger partial charge in [0.15, 0.2) is 11.6 Å². The quantitative estimate of drug-likeness (QED) is 0.760. The van der Waals surface area contributed by atoms with Crippen LogP contribution in [0.4, 0.5) is 4.39 Å². The van der Waals surface area contributed by atoms with Crippen LogP contribution < -0.4 is 4.74 Å². The van der Waals surface area contributed by atoms with Crippen molar-refractivity contribution in [2.24, 2.45) is 0 Å². The Kier molecular flexibility index (Phi) is 3.88. The molecule has 0 bridgehead atoms. The van der Waals surface area contributed by atoms with Crippen molar-refractivity contribution in [3.05, 3.63) is 29.1 Å². The number of rotatable bonds is 4. The first-order valence-corrected chi connectivity index (χ1v) is 6.32. The average Bonchev–Trinajstić information content (AvgIpc) is 2.17. The fourth-order valence-electron chi connectivity index (χ4n) is 1.23. The third-order valence-electron chi connectivity index (χ3n) is 1.91. The Labute approximate surface area is 94.1 Å². The van der Waals surface area contributed by atoms with Crippen molar-refractivity contribution in [2.45, 2.75) is 13.5 Å². The summed E-state index contributed by atoms with van der Waals surface area (Å²) in [5.41, 5.74) is 0.924. The second kappa shape index (κ2) is 4.80. The molecule has 0 heterocycles. The van der Waals surface area contributed by atoms with Crippen LogP contribution in [0.2, 0.25) is 0 Å². The summed E-state index contributed by atoms with van der Waals surface area (Å²) < 4.78 is 44.5. The maximum atomic E-state index is 13.6. The minimum Gasteiger partial charge on any atom is -0.494 e. The third kappa shape index (κ3) is 3.46. The highest BCUT2D eigenvalue weighted by Gasteiger charge is 2.12. The number of halogens is 1. The lowest BCUT2D eigenvalue weighted by molar-refractivity contribution is 0.301. The summed E-state index contributed by atoms with van der Waals surface area (Å²) in [6.07, 6.45) is 0.915. The third-order valence-corrected chi connectivity index (χ3v) is 2.45. The van der Waals surface area contributed by atoms with Gasteiger partial charge in [0.05, 0.1) is 20.0 Å². The van der Waals surface area contributed by atoms with E-state index in [1.165, 1.54) is 19.2 Å². The maximum Gasteiger partial charge on any atom is 0.264 e. The van der Waals surface area contributed by atoms with Gasteiger partial charge in [-0.3, -0.25) is 4.18 Å². The molecule has 1 aromatic rings. The number of hydrogen-bond acceptors (Lipinski definition) is 4. The Morgan fingerprint density at radius 2 is 2.00 bits per heavy atom. The topological polar surface area (TPSA) is 52.6 Å². The van der Waals surface area contributed by atoms with Crippen molar-refractivity contribution in [1.82, 2.24) is 0 Å². The first-order valence-electron chi connectivity index (χ1n) is 4.51. The summed E-state index contributed by atoms with van der Waals surface area (Å²) in [4.78, 5) is 0. The highest BCUT2D eigenvalue weighted by molar-refractivity contribution is 7.85. The van der Waals surface area contributed by atoms with Gasteiger partial charge < -0.3 is 4.74 Å². The summed E-state index contributed by atoms with van der Waals surface area (Å²) in [6.45, 7) is 1.43. The first kappa shape index (κ1) is 12.9. The summed E-state index contributed by atoms with van der Waals surface area (Å²) in [7, 11) is -2.23. The zero-order chi connectivity index (χ0) is 12.3. The Balaban J connectivity index is 3.00. The minimum atomic E-state index is -3.58. The highest BCUT2D eigenvalue weighted by Crippen LogP contribution is 2.23. The van der Waals surface area contributed by atoms with Gasteiger partial charge in [0.25, 0.3) is 10.1 Å². The maximum absolute atomic E-state index is 13.6. The van der Waals surface area contributed by atoms with E-state index < -0.39 is 15.9 Å². The van der Waals surface area contributed by atoms with Gasteiger partial charge in [-0.25, -0.2) is 4.39 Å². The predicted molar refractivity (Wildman–Crippen MR) is 57.3 cm³/mol. The normalized spacial score (nSPS) is 11.5. The fourth-order valence-corrected chi connectivity index (χ4v) is 1.57. The van der Waals surface area contributed by atoms with E-state index in [1.807, 2.05) is 0 Å². The monoisotopic (exact) mass is 248 g/mol. The lowest BCUT2D eigenvalue weighted by atomic mass is 10.1. The summed E-state index contributed by atoms with van der Waals surface area (Å²) in [5.74, 6) is -0.524. The molecule has 0 unspecified atom stereocenters. The van der Waals surface area contributed by atoms with Crippen molar-refractivity contribution in [2.75, 3.05) is 13.4 Å². The zero-order valence-corrected chi connectivity index (χ0v) is 10.1. The number of aryl methyl sites for hydroxylation is 1. The molecule has 0 fully saturated rings. The van der Waals surface area contributed by atoms with E-state index in [2.05, 4.69) is 4.18 Å². The number of ether oxygens (including phenoxy) is 1. The van der Waals surface area contributed by atoms with Crippen LogP contribution >= 0.6 is 0 Å². The van der Waals surface area contributed by atoms with E-state index in [-0.39, 0.29) is 17.9 Å². The van der Waals surface area contributed by atoms with Gasteiger partial charge >= 0.3 is 0 Å². The van der Waals surface area contributed by atoms with Gasteiger partial charge in [-0.15, -0.1) is 0 Å². The Bertz CT molecular complexity index is 482. The lowest BCUT2D eigenvalue weighted by Gasteiger charge is -2.08. The van der Waals surface area contributed by atoms with Gasteiger partial charge in [-0.05, 0) is 18.6 Å². The second-order valence-electron chi connectivity index (χ2n) is 3.41. The molecule has 0 aliphatic rings. The van der Waals surface area contributed by atoms with Gasteiger partial charge in [-0.2, -0.15) is 8.42 Å². The van der Waals surface area contributed by atoms with Crippen molar-refractivity contribution < 1.29 is 21.7 Å². The van der Waals surface area contributed by atoms with Crippen LogP contribution in [-0.4, -0.2) is 21.8 Å². The number of methoxy groups -OCH3 is 1. The van der Waals surface area contributed by atoms with Crippen LogP contribution in [0, 0.1) is 12.7 Å². The van der Waals surface area contributed by atoms with Crippen LogP contribution in [0.25, 0.3) is 0 Å². The number of hydrogen-bond donors (Lipinski definition) is 0. The van der Waals surface area contributed by atoms with Crippen LogP contribution in [0.5, 0.6) is 5.75 Å². The van der Waals surface area contributed by atoms with E-state index in [0.717, 1.165) is 11.8 Å². The molecule has 0 saturated carbocycles. The molecule has 0 aliphatic carbocycles. The van der Waals surface area contributed by atoms with Crippen molar-refractivity contribution in [1.29, 1.82) is 0 Å². The molecular formula is C10H13FO4S. The molecular weight excluding hydrogens is 235 g/mol. The van der Waals surface area contributed by atoms with E-state index in [4.69, 9.17) is 4.74 Å². The zero-order valence-electron chi connectivity index (χ0n) is 9.28. The molecule has 0 aromatic heterocycles. The average molecular weight is 248 g/mol. The van der Waals surface area contributed by atoms with E-state index in [0.29, 0.717) is 0 Å². The Morgan fingerprint density at radius 3 is 2.50 bits per heavy atom. The molecule has 4 nitrogen and oxygen atoms in total. The standard InChI is InChI=1S/C10H13FO4S/c1-7-4-8(6-15-16(3,12)13)10(11)9(5-7)14-2/h4-5H,6H2,1-3H3. The Hall–Kier alpha value is -1.14. The second-order valence-corrected chi connectivity index (χ2v) is 5.05. The summed E-state index contributed by atoms with van der Waals surface area (Å²) in [5, 5.41) is 0. The summed E-state index contributed by atoms with van der Waals surface area (Å²) in [6, 6.07) is 3.04. The van der Waals surface area contributed by atoms with E-state index in [1.54, 1.807) is 6.92 Å². The Morgan fingerprint density at radius 1 is 1.38 bits per heavy atom. The molecule has 16 heavy (non-hydrogen) atoms. The van der Waals surface area contributed by atoms with Gasteiger partial charge in [0.1, 0.15) is 0 Å². The molecule has 0 atom stereocenters. The molecule has 0 spiro atoms. The van der Waals surface area contributed by atoms with Crippen LogP contribution in [0.15, 0.2) is 12.1 Å². The molecule has 1 rings (SSSR count). The van der Waals surface area contributed by atoms with Crippen LogP contribution in [0.1, 0.15) is 11.1 Å². The molecule has 0 radical (unpaired) electrons. The first-order chi connectivity index (χ1) is 7.33. The summed E-state index contributed by atoms with van der Waals surface area (Å²) >= 11 is 0. The van der Waals surface area contributed by atoms with Gasteiger partial charge in [-0.1, -0.05) is 6.07 Å². The van der Waals surface area contributed by atoms with E-state index in [9.17, 15) is 12.8 Å². The van der Waals surface area contributed by atoms with Gasteiger partial charge in [0, 0.05) is 5.56 Å². The van der Waals surface area contributed by atoms with Gasteiger partial charge in [0.2, 0.25) is 0 Å². The minimum absolute atomic E-state index is 0.0760. The van der Waals surface area contributed by atoms with Crippen LogP contribution in [-0.2, 0) is 20.9 Å². The smallest absolute Gasteiger partial charge is 0.264 e. The lowest BCUT2D eigenvalue weighted by Crippen LogP contribution is -2.05. The molecule has 0 saturated heterocycles. The fraction of sp³-hybridized carbons (Fsp3) is 0.400. The molecule has 1 aromatic carbocycles. The SMILES string of the molecule is COc1cc(C)cc(COS(C)(=O)=O)c1F.